The minimum absolute atomic E-state index is 0.483. The van der Waals surface area contributed by atoms with Crippen LogP contribution in [0.15, 0.2) is 11.8 Å². The van der Waals surface area contributed by atoms with Gasteiger partial charge in [0.1, 0.15) is 0 Å². The summed E-state index contributed by atoms with van der Waals surface area (Å²) in [5.74, 6) is 0.836. The van der Waals surface area contributed by atoms with E-state index < -0.39 is 8.32 Å². The number of rotatable bonds is 3. The average Bonchev–Trinajstić information content (AvgIpc) is 2.75. The van der Waals surface area contributed by atoms with E-state index in [1.807, 2.05) is 0 Å². The molecule has 1 aliphatic carbocycles. The second-order valence-electron chi connectivity index (χ2n) is 5.11. The van der Waals surface area contributed by atoms with Gasteiger partial charge < -0.3 is 4.43 Å². The van der Waals surface area contributed by atoms with Crippen molar-refractivity contribution in [2.75, 3.05) is 0 Å². The Bertz CT molecular complexity index is 227. The first-order valence-electron chi connectivity index (χ1n) is 6.67. The molecular weight excluding hydrogens is 200 g/mol. The fourth-order valence-electron chi connectivity index (χ4n) is 2.99. The Kier molecular flexibility index (Phi) is 3.67. The molecule has 2 aliphatic rings. The normalized spacial score (nSPS) is 30.9. The van der Waals surface area contributed by atoms with Gasteiger partial charge >= 0.3 is 0 Å². The quantitative estimate of drug-likeness (QED) is 0.657. The van der Waals surface area contributed by atoms with E-state index in [0.717, 1.165) is 5.92 Å². The molecule has 0 aromatic rings. The molecule has 0 aromatic heterocycles. The lowest BCUT2D eigenvalue weighted by Gasteiger charge is -2.31. The lowest BCUT2D eigenvalue weighted by molar-refractivity contribution is 0.147. The third-order valence-electron chi connectivity index (χ3n) is 4.27. The summed E-state index contributed by atoms with van der Waals surface area (Å²) in [5.41, 5.74) is 2.46. The van der Waals surface area contributed by atoms with Gasteiger partial charge in [-0.15, -0.1) is 0 Å². The maximum absolute atomic E-state index is 6.41. The molecule has 1 unspecified atom stereocenters. The highest BCUT2D eigenvalue weighted by molar-refractivity contribution is 6.79. The van der Waals surface area contributed by atoms with Crippen LogP contribution in [0.1, 0.15) is 46.0 Å². The molecule has 15 heavy (non-hydrogen) atoms. The van der Waals surface area contributed by atoms with Crippen LogP contribution in [-0.2, 0) is 4.43 Å². The molecule has 0 spiro atoms. The van der Waals surface area contributed by atoms with E-state index in [0.29, 0.717) is 6.10 Å². The minimum Gasteiger partial charge on any atom is -0.406 e. The molecule has 0 bridgehead atoms. The molecule has 0 saturated heterocycles. The number of hydrogen-bond acceptors (Lipinski definition) is 1. The molecule has 2 rings (SSSR count). The summed E-state index contributed by atoms with van der Waals surface area (Å²) < 4.78 is 6.41. The Morgan fingerprint density at radius 1 is 1.13 bits per heavy atom. The highest BCUT2D eigenvalue weighted by atomic mass is 28.4. The van der Waals surface area contributed by atoms with Crippen LogP contribution in [0.5, 0.6) is 0 Å². The second kappa shape index (κ2) is 4.83. The van der Waals surface area contributed by atoms with Crippen LogP contribution in [0.2, 0.25) is 12.1 Å². The molecule has 1 nitrogen and oxygen atoms in total. The SMILES string of the molecule is CC[Si]1(CC)C=CC(C2CCCCC2)O1. The van der Waals surface area contributed by atoms with Crippen LogP contribution in [0.3, 0.4) is 0 Å². The third-order valence-corrected chi connectivity index (χ3v) is 8.21. The van der Waals surface area contributed by atoms with Crippen molar-refractivity contribution in [2.24, 2.45) is 5.92 Å². The van der Waals surface area contributed by atoms with E-state index in [9.17, 15) is 0 Å². The van der Waals surface area contributed by atoms with Crippen molar-refractivity contribution in [3.05, 3.63) is 11.8 Å². The maximum atomic E-state index is 6.41. The topological polar surface area (TPSA) is 9.23 Å². The maximum Gasteiger partial charge on any atom is 0.217 e. The Labute approximate surface area is 95.0 Å². The molecule has 1 aliphatic heterocycles. The molecule has 1 saturated carbocycles. The van der Waals surface area contributed by atoms with Crippen molar-refractivity contribution in [2.45, 2.75) is 64.1 Å². The first-order valence-corrected chi connectivity index (χ1v) is 9.07. The number of hydrogen-bond donors (Lipinski definition) is 0. The van der Waals surface area contributed by atoms with Crippen molar-refractivity contribution in [3.63, 3.8) is 0 Å². The fourth-order valence-corrected chi connectivity index (χ4v) is 5.72. The molecule has 0 amide bonds. The second-order valence-corrected chi connectivity index (χ2v) is 9.22. The van der Waals surface area contributed by atoms with Crippen LogP contribution in [0.4, 0.5) is 0 Å². The molecule has 1 atom stereocenters. The van der Waals surface area contributed by atoms with Gasteiger partial charge in [0.25, 0.3) is 0 Å². The van der Waals surface area contributed by atoms with E-state index in [1.54, 1.807) is 0 Å². The van der Waals surface area contributed by atoms with E-state index in [4.69, 9.17) is 4.43 Å². The minimum atomic E-state index is -1.41. The van der Waals surface area contributed by atoms with Gasteiger partial charge in [0.15, 0.2) is 0 Å². The van der Waals surface area contributed by atoms with Crippen LogP contribution < -0.4 is 0 Å². The van der Waals surface area contributed by atoms with Gasteiger partial charge in [-0.1, -0.05) is 44.9 Å². The molecule has 1 heterocycles. The van der Waals surface area contributed by atoms with Crippen molar-refractivity contribution in [3.8, 4) is 0 Å². The molecule has 2 heteroatoms. The van der Waals surface area contributed by atoms with Gasteiger partial charge in [0.2, 0.25) is 8.32 Å². The smallest absolute Gasteiger partial charge is 0.217 e. The Morgan fingerprint density at radius 3 is 2.33 bits per heavy atom. The van der Waals surface area contributed by atoms with E-state index in [1.165, 1.54) is 44.2 Å². The lowest BCUT2D eigenvalue weighted by atomic mass is 9.85. The molecule has 0 aromatic carbocycles. The average molecular weight is 224 g/mol. The standard InChI is InChI=1S/C13H24OSi/c1-3-15(4-2)11-10-13(14-15)12-8-6-5-7-9-12/h10-13H,3-9H2,1-2H3. The molecule has 86 valence electrons. The Hall–Kier alpha value is -0.0831. The van der Waals surface area contributed by atoms with Gasteiger partial charge in [-0.25, -0.2) is 0 Å². The third kappa shape index (κ3) is 2.36. The van der Waals surface area contributed by atoms with Crippen molar-refractivity contribution < 1.29 is 4.43 Å². The summed E-state index contributed by atoms with van der Waals surface area (Å²) in [6, 6.07) is 2.51. The Morgan fingerprint density at radius 2 is 1.80 bits per heavy atom. The fraction of sp³-hybridized carbons (Fsp3) is 0.846. The highest BCUT2D eigenvalue weighted by Gasteiger charge is 2.38. The molecule has 0 radical (unpaired) electrons. The summed E-state index contributed by atoms with van der Waals surface area (Å²) in [4.78, 5) is 0. The predicted octanol–water partition coefficient (Wildman–Crippen LogP) is 4.05. The summed E-state index contributed by atoms with van der Waals surface area (Å²) >= 11 is 0. The van der Waals surface area contributed by atoms with E-state index >= 15 is 0 Å². The van der Waals surface area contributed by atoms with Crippen molar-refractivity contribution >= 4 is 8.32 Å². The van der Waals surface area contributed by atoms with Gasteiger partial charge in [0, 0.05) is 0 Å². The van der Waals surface area contributed by atoms with Gasteiger partial charge in [-0.05, 0) is 30.8 Å². The van der Waals surface area contributed by atoms with Crippen LogP contribution in [-0.4, -0.2) is 14.4 Å². The highest BCUT2D eigenvalue weighted by Crippen LogP contribution is 2.35. The predicted molar refractivity (Wildman–Crippen MR) is 67.3 cm³/mol. The molecule has 1 fully saturated rings. The van der Waals surface area contributed by atoms with Crippen LogP contribution in [0, 0.1) is 5.92 Å². The van der Waals surface area contributed by atoms with Crippen molar-refractivity contribution in [1.29, 1.82) is 0 Å². The first-order chi connectivity index (χ1) is 7.29. The zero-order chi connectivity index (χ0) is 10.7. The molecule has 0 N–H and O–H groups in total. The summed E-state index contributed by atoms with van der Waals surface area (Å²) in [6.07, 6.45) is 9.96. The summed E-state index contributed by atoms with van der Waals surface area (Å²) in [5, 5.41) is 0. The monoisotopic (exact) mass is 224 g/mol. The molecular formula is C13H24OSi. The largest absolute Gasteiger partial charge is 0.406 e. The summed E-state index contributed by atoms with van der Waals surface area (Å²) in [7, 11) is -1.41. The van der Waals surface area contributed by atoms with Crippen molar-refractivity contribution in [1.82, 2.24) is 0 Å². The first kappa shape index (κ1) is 11.4. The zero-order valence-electron chi connectivity index (χ0n) is 10.2. The zero-order valence-corrected chi connectivity index (χ0v) is 11.2. The Balaban J connectivity index is 1.94. The van der Waals surface area contributed by atoms with Crippen LogP contribution >= 0.6 is 0 Å². The van der Waals surface area contributed by atoms with Gasteiger partial charge in [-0.3, -0.25) is 0 Å². The summed E-state index contributed by atoms with van der Waals surface area (Å²) in [6.45, 7) is 4.59. The van der Waals surface area contributed by atoms with Gasteiger partial charge in [-0.2, -0.15) is 0 Å². The lowest BCUT2D eigenvalue weighted by Crippen LogP contribution is -2.36. The van der Waals surface area contributed by atoms with Gasteiger partial charge in [0.05, 0.1) is 6.10 Å². The van der Waals surface area contributed by atoms with Crippen LogP contribution in [0.25, 0.3) is 0 Å². The van der Waals surface area contributed by atoms with E-state index in [-0.39, 0.29) is 0 Å². The van der Waals surface area contributed by atoms with E-state index in [2.05, 4.69) is 25.6 Å².